The lowest BCUT2D eigenvalue weighted by Gasteiger charge is -2.20. The van der Waals surface area contributed by atoms with Crippen molar-refractivity contribution in [2.75, 3.05) is 27.8 Å². The number of aromatic nitrogens is 2. The van der Waals surface area contributed by atoms with E-state index in [2.05, 4.69) is 9.97 Å². The van der Waals surface area contributed by atoms with E-state index in [1.807, 2.05) is 27.7 Å². The number of hydrogen-bond acceptors (Lipinski definition) is 8. The van der Waals surface area contributed by atoms with Crippen molar-refractivity contribution in [3.05, 3.63) is 16.3 Å². The van der Waals surface area contributed by atoms with Crippen LogP contribution in [0.15, 0.2) is 0 Å². The molecular formula is C20H29N3O5S. The molecule has 2 rings (SSSR count). The third-order valence-electron chi connectivity index (χ3n) is 4.11. The smallest absolute Gasteiger partial charge is 0.306 e. The van der Waals surface area contributed by atoms with Crippen LogP contribution in [0.5, 0.6) is 5.88 Å². The second kappa shape index (κ2) is 9.49. The summed E-state index contributed by atoms with van der Waals surface area (Å²) in [5, 5.41) is 0.739. The maximum absolute atomic E-state index is 13.0. The Morgan fingerprint density at radius 2 is 1.86 bits per heavy atom. The van der Waals surface area contributed by atoms with E-state index in [4.69, 9.17) is 14.2 Å². The van der Waals surface area contributed by atoms with Crippen LogP contribution >= 0.6 is 11.3 Å². The fourth-order valence-electron chi connectivity index (χ4n) is 2.82. The summed E-state index contributed by atoms with van der Waals surface area (Å²) < 4.78 is 15.8. The van der Waals surface area contributed by atoms with Gasteiger partial charge in [-0.15, -0.1) is 11.3 Å². The van der Waals surface area contributed by atoms with Gasteiger partial charge in [0.15, 0.2) is 5.82 Å². The maximum Gasteiger partial charge on any atom is 0.306 e. The van der Waals surface area contributed by atoms with E-state index in [1.165, 1.54) is 11.3 Å². The molecule has 0 unspecified atom stereocenters. The van der Waals surface area contributed by atoms with Crippen molar-refractivity contribution in [2.45, 2.75) is 52.7 Å². The van der Waals surface area contributed by atoms with E-state index >= 15 is 0 Å². The minimum Gasteiger partial charge on any atom is -0.480 e. The number of fused-ring (bicyclic) bond motifs is 1. The molecular weight excluding hydrogens is 394 g/mol. The summed E-state index contributed by atoms with van der Waals surface area (Å²) in [6.45, 7) is 8.07. The van der Waals surface area contributed by atoms with Crippen molar-refractivity contribution in [1.82, 2.24) is 14.9 Å². The van der Waals surface area contributed by atoms with E-state index in [9.17, 15) is 9.59 Å². The molecule has 160 valence electrons. The molecule has 0 saturated carbocycles. The van der Waals surface area contributed by atoms with Gasteiger partial charge < -0.3 is 19.1 Å². The summed E-state index contributed by atoms with van der Waals surface area (Å²) in [6.07, 6.45) is 0.794. The molecule has 0 atom stereocenters. The van der Waals surface area contributed by atoms with Crippen molar-refractivity contribution in [2.24, 2.45) is 0 Å². The molecule has 0 aliphatic rings. The second-order valence-electron chi connectivity index (χ2n) is 7.74. The molecule has 0 saturated heterocycles. The number of nitrogens with zero attached hydrogens (tertiary/aromatic N) is 3. The Hall–Kier alpha value is -2.26. The van der Waals surface area contributed by atoms with Crippen LogP contribution in [0.2, 0.25) is 0 Å². The zero-order valence-corrected chi connectivity index (χ0v) is 18.9. The fourth-order valence-corrected chi connectivity index (χ4v) is 4.00. The van der Waals surface area contributed by atoms with Gasteiger partial charge in [0.1, 0.15) is 17.0 Å². The molecule has 2 heterocycles. The van der Waals surface area contributed by atoms with E-state index < -0.39 is 5.60 Å². The molecule has 29 heavy (non-hydrogen) atoms. The molecule has 0 aliphatic heterocycles. The molecule has 2 aromatic heterocycles. The molecule has 9 heteroatoms. The Labute approximate surface area is 175 Å². The van der Waals surface area contributed by atoms with Crippen LogP contribution in [0.25, 0.3) is 10.2 Å². The number of methoxy groups -OCH3 is 2. The first-order valence-electron chi connectivity index (χ1n) is 9.37. The Kier molecular flexibility index (Phi) is 7.54. The summed E-state index contributed by atoms with van der Waals surface area (Å²) in [7, 11) is 4.83. The van der Waals surface area contributed by atoms with Gasteiger partial charge in [-0.2, -0.15) is 4.98 Å². The van der Waals surface area contributed by atoms with Crippen LogP contribution < -0.4 is 4.74 Å². The highest BCUT2D eigenvalue weighted by molar-refractivity contribution is 7.20. The minimum absolute atomic E-state index is 0.120. The molecule has 0 bridgehead atoms. The standard InChI is InChI=1S/C20H29N3O5S/c1-12-15-17(27-7)21-13(11-26-6)22-18(15)29-16(12)19(25)23(5)10-8-9-14(24)28-20(2,3)4/h8-11H2,1-7H3. The first-order valence-corrected chi connectivity index (χ1v) is 10.2. The van der Waals surface area contributed by atoms with Gasteiger partial charge in [-0.25, -0.2) is 4.98 Å². The quantitative estimate of drug-likeness (QED) is 0.601. The van der Waals surface area contributed by atoms with Crippen LogP contribution in [0.4, 0.5) is 0 Å². The third kappa shape index (κ3) is 5.86. The van der Waals surface area contributed by atoms with E-state index in [1.54, 1.807) is 26.2 Å². The van der Waals surface area contributed by atoms with Gasteiger partial charge in [-0.1, -0.05) is 0 Å². The second-order valence-corrected chi connectivity index (χ2v) is 8.73. The number of hydrogen-bond donors (Lipinski definition) is 0. The first kappa shape index (κ1) is 23.0. The number of carbonyl (C=O) groups is 2. The van der Waals surface area contributed by atoms with E-state index in [0.29, 0.717) is 34.4 Å². The van der Waals surface area contributed by atoms with Crippen molar-refractivity contribution in [3.63, 3.8) is 0 Å². The summed E-state index contributed by atoms with van der Waals surface area (Å²) >= 11 is 1.31. The lowest BCUT2D eigenvalue weighted by Crippen LogP contribution is -2.29. The molecule has 0 aliphatic carbocycles. The molecule has 0 spiro atoms. The zero-order valence-electron chi connectivity index (χ0n) is 18.1. The number of ether oxygens (including phenoxy) is 3. The third-order valence-corrected chi connectivity index (χ3v) is 5.28. The summed E-state index contributed by atoms with van der Waals surface area (Å²) in [4.78, 5) is 36.5. The van der Waals surface area contributed by atoms with Crippen LogP contribution in [0, 0.1) is 6.92 Å². The van der Waals surface area contributed by atoms with Crippen molar-refractivity contribution >= 4 is 33.4 Å². The minimum atomic E-state index is -0.505. The lowest BCUT2D eigenvalue weighted by atomic mass is 10.2. The van der Waals surface area contributed by atoms with Gasteiger partial charge in [0.25, 0.3) is 5.91 Å². The number of aryl methyl sites for hydroxylation is 1. The average Bonchev–Trinajstić information content (AvgIpc) is 2.95. The largest absolute Gasteiger partial charge is 0.480 e. The van der Waals surface area contributed by atoms with Crippen molar-refractivity contribution in [1.29, 1.82) is 0 Å². The Bertz CT molecular complexity index is 888. The molecule has 0 fully saturated rings. The van der Waals surface area contributed by atoms with Crippen molar-refractivity contribution in [3.8, 4) is 5.88 Å². The lowest BCUT2D eigenvalue weighted by molar-refractivity contribution is -0.154. The number of rotatable bonds is 8. The summed E-state index contributed by atoms with van der Waals surface area (Å²) in [5.41, 5.74) is 0.282. The number of carbonyl (C=O) groups excluding carboxylic acids is 2. The first-order chi connectivity index (χ1) is 13.6. The van der Waals surface area contributed by atoms with Crippen LogP contribution in [0.1, 0.15) is 54.7 Å². The number of thiophene rings is 1. The molecule has 8 nitrogen and oxygen atoms in total. The van der Waals surface area contributed by atoms with E-state index in [-0.39, 0.29) is 24.9 Å². The molecule has 2 aromatic rings. The Balaban J connectivity index is 2.13. The predicted molar refractivity (Wildman–Crippen MR) is 111 cm³/mol. The highest BCUT2D eigenvalue weighted by Crippen LogP contribution is 2.35. The number of amides is 1. The van der Waals surface area contributed by atoms with Crippen molar-refractivity contribution < 1.29 is 23.8 Å². The van der Waals surface area contributed by atoms with Gasteiger partial charge in [0.05, 0.1) is 17.4 Å². The molecule has 0 radical (unpaired) electrons. The summed E-state index contributed by atoms with van der Waals surface area (Å²) in [6, 6.07) is 0. The van der Waals surface area contributed by atoms with Gasteiger partial charge in [0, 0.05) is 27.1 Å². The van der Waals surface area contributed by atoms with Gasteiger partial charge in [-0.05, 0) is 39.7 Å². The Morgan fingerprint density at radius 3 is 2.45 bits per heavy atom. The topological polar surface area (TPSA) is 90.9 Å². The summed E-state index contributed by atoms with van der Waals surface area (Å²) in [5.74, 6) is 0.553. The van der Waals surface area contributed by atoms with Crippen LogP contribution in [0.3, 0.4) is 0 Å². The average molecular weight is 424 g/mol. The van der Waals surface area contributed by atoms with E-state index in [0.717, 1.165) is 10.9 Å². The highest BCUT2D eigenvalue weighted by Gasteiger charge is 2.23. The van der Waals surface area contributed by atoms with Crippen LogP contribution in [-0.2, 0) is 20.9 Å². The fraction of sp³-hybridized carbons (Fsp3) is 0.600. The maximum atomic E-state index is 13.0. The molecule has 0 aromatic carbocycles. The van der Waals surface area contributed by atoms with Crippen LogP contribution in [-0.4, -0.2) is 60.2 Å². The SMILES string of the molecule is COCc1nc(OC)c2c(C)c(C(=O)N(C)CCCC(=O)OC(C)(C)C)sc2n1. The normalized spacial score (nSPS) is 11.6. The van der Waals surface area contributed by atoms with Gasteiger partial charge in [-0.3, -0.25) is 9.59 Å². The highest BCUT2D eigenvalue weighted by atomic mass is 32.1. The number of esters is 1. The van der Waals surface area contributed by atoms with Gasteiger partial charge >= 0.3 is 5.97 Å². The molecule has 1 amide bonds. The predicted octanol–water partition coefficient (Wildman–Crippen LogP) is 3.35. The monoisotopic (exact) mass is 423 g/mol. The van der Waals surface area contributed by atoms with Gasteiger partial charge in [0.2, 0.25) is 5.88 Å². The Morgan fingerprint density at radius 1 is 1.17 bits per heavy atom. The zero-order chi connectivity index (χ0) is 21.8. The molecule has 0 N–H and O–H groups in total.